The average molecular weight is 318 g/mol. The molecule has 0 saturated heterocycles. The zero-order chi connectivity index (χ0) is 16.6. The third-order valence-electron chi connectivity index (χ3n) is 3.15. The molecule has 0 spiro atoms. The number of aliphatic hydroxyl groups is 1. The van der Waals surface area contributed by atoms with Crippen LogP contribution in [0.1, 0.15) is 30.9 Å². The molecule has 22 heavy (non-hydrogen) atoms. The topological polar surface area (TPSA) is 61.4 Å². The van der Waals surface area contributed by atoms with Crippen molar-refractivity contribution in [1.29, 1.82) is 0 Å². The molecule has 0 aliphatic rings. The van der Waals surface area contributed by atoms with Gasteiger partial charge in [-0.3, -0.25) is 0 Å². The first-order valence-electron chi connectivity index (χ1n) is 7.14. The number of halogens is 3. The molecule has 1 rings (SSSR count). The molecule has 0 aliphatic heterocycles. The van der Waals surface area contributed by atoms with Crippen LogP contribution in [-0.4, -0.2) is 30.3 Å². The predicted octanol–water partition coefficient (Wildman–Crippen LogP) is 2.71. The summed E-state index contributed by atoms with van der Waals surface area (Å²) in [6.07, 6.45) is -2.58. The summed E-state index contributed by atoms with van der Waals surface area (Å²) in [6.45, 7) is 2.26. The summed E-state index contributed by atoms with van der Waals surface area (Å²) < 4.78 is 37.2. The van der Waals surface area contributed by atoms with E-state index in [9.17, 15) is 18.0 Å². The number of amides is 2. The van der Waals surface area contributed by atoms with E-state index in [0.29, 0.717) is 25.8 Å². The number of benzene rings is 1. The second kappa shape index (κ2) is 8.63. The highest BCUT2D eigenvalue weighted by Gasteiger charge is 2.29. The largest absolute Gasteiger partial charge is 0.416 e. The third kappa shape index (κ3) is 6.80. The van der Waals surface area contributed by atoms with E-state index in [1.54, 1.807) is 0 Å². The van der Waals surface area contributed by atoms with E-state index >= 15 is 0 Å². The van der Waals surface area contributed by atoms with Crippen LogP contribution in [0.25, 0.3) is 0 Å². The monoisotopic (exact) mass is 318 g/mol. The van der Waals surface area contributed by atoms with Crippen LogP contribution in [0, 0.1) is 0 Å². The standard InChI is InChI=1S/C15H21F3N2O2/c1-11(3-2-10-21)20-14(22)19-9-8-12-4-6-13(7-5-12)15(16,17)18/h4-7,11,21H,2-3,8-10H2,1H3,(H2,19,20,22). The van der Waals surface area contributed by atoms with E-state index in [2.05, 4.69) is 10.6 Å². The molecule has 0 aliphatic carbocycles. The van der Waals surface area contributed by atoms with Crippen molar-refractivity contribution in [2.24, 2.45) is 0 Å². The lowest BCUT2D eigenvalue weighted by atomic mass is 10.1. The first-order chi connectivity index (χ1) is 10.3. The summed E-state index contributed by atoms with van der Waals surface area (Å²) in [6, 6.07) is 4.52. The molecular weight excluding hydrogens is 297 g/mol. The summed E-state index contributed by atoms with van der Waals surface area (Å²) in [4.78, 5) is 11.6. The van der Waals surface area contributed by atoms with Crippen LogP contribution in [0.2, 0.25) is 0 Å². The predicted molar refractivity (Wildman–Crippen MR) is 77.5 cm³/mol. The maximum Gasteiger partial charge on any atom is 0.416 e. The molecular formula is C15H21F3N2O2. The van der Waals surface area contributed by atoms with Crippen molar-refractivity contribution in [3.8, 4) is 0 Å². The van der Waals surface area contributed by atoms with Crippen LogP contribution in [0.4, 0.5) is 18.0 Å². The SMILES string of the molecule is CC(CCCO)NC(=O)NCCc1ccc(C(F)(F)F)cc1. The smallest absolute Gasteiger partial charge is 0.396 e. The Morgan fingerprint density at radius 2 is 1.91 bits per heavy atom. The minimum atomic E-state index is -4.33. The van der Waals surface area contributed by atoms with Crippen molar-refractivity contribution in [1.82, 2.24) is 10.6 Å². The summed E-state index contributed by atoms with van der Waals surface area (Å²) >= 11 is 0. The number of rotatable bonds is 7. The van der Waals surface area contributed by atoms with Gasteiger partial charge >= 0.3 is 12.2 Å². The number of carbonyl (C=O) groups is 1. The van der Waals surface area contributed by atoms with Crippen molar-refractivity contribution < 1.29 is 23.1 Å². The molecule has 1 unspecified atom stereocenters. The maximum absolute atomic E-state index is 12.4. The molecule has 1 aromatic carbocycles. The van der Waals surface area contributed by atoms with Crippen LogP contribution in [-0.2, 0) is 12.6 Å². The first-order valence-corrected chi connectivity index (χ1v) is 7.14. The van der Waals surface area contributed by atoms with E-state index in [4.69, 9.17) is 5.11 Å². The fourth-order valence-electron chi connectivity index (χ4n) is 1.93. The van der Waals surface area contributed by atoms with E-state index in [1.807, 2.05) is 6.92 Å². The third-order valence-corrected chi connectivity index (χ3v) is 3.15. The van der Waals surface area contributed by atoms with Crippen molar-refractivity contribution in [2.45, 2.75) is 38.4 Å². The Hall–Kier alpha value is -1.76. The molecule has 0 bridgehead atoms. The van der Waals surface area contributed by atoms with Gasteiger partial charge < -0.3 is 15.7 Å². The molecule has 0 heterocycles. The highest BCUT2D eigenvalue weighted by molar-refractivity contribution is 5.74. The van der Waals surface area contributed by atoms with E-state index in [1.165, 1.54) is 12.1 Å². The minimum absolute atomic E-state index is 0.0433. The summed E-state index contributed by atoms with van der Waals surface area (Å²) in [7, 11) is 0. The van der Waals surface area contributed by atoms with Gasteiger partial charge in [-0.25, -0.2) is 4.79 Å². The maximum atomic E-state index is 12.4. The number of nitrogens with one attached hydrogen (secondary N) is 2. The highest BCUT2D eigenvalue weighted by atomic mass is 19.4. The van der Waals surface area contributed by atoms with E-state index < -0.39 is 11.7 Å². The fourth-order valence-corrected chi connectivity index (χ4v) is 1.93. The minimum Gasteiger partial charge on any atom is -0.396 e. The summed E-state index contributed by atoms with van der Waals surface area (Å²) in [5, 5.41) is 14.1. The Labute approximate surface area is 127 Å². The Morgan fingerprint density at radius 3 is 2.45 bits per heavy atom. The molecule has 0 radical (unpaired) electrons. The lowest BCUT2D eigenvalue weighted by Crippen LogP contribution is -2.41. The van der Waals surface area contributed by atoms with Gasteiger partial charge in [0.2, 0.25) is 0 Å². The lowest BCUT2D eigenvalue weighted by molar-refractivity contribution is -0.137. The van der Waals surface area contributed by atoms with Crippen LogP contribution >= 0.6 is 0 Å². The van der Waals surface area contributed by atoms with Crippen molar-refractivity contribution in [2.75, 3.05) is 13.2 Å². The van der Waals surface area contributed by atoms with E-state index in [-0.39, 0.29) is 18.7 Å². The molecule has 4 nitrogen and oxygen atoms in total. The molecule has 0 fully saturated rings. The molecule has 124 valence electrons. The lowest BCUT2D eigenvalue weighted by Gasteiger charge is -2.14. The number of carbonyl (C=O) groups excluding carboxylic acids is 1. The molecule has 7 heteroatoms. The van der Waals surface area contributed by atoms with Gasteiger partial charge in [0.1, 0.15) is 0 Å². The quantitative estimate of drug-likeness (QED) is 0.724. The zero-order valence-corrected chi connectivity index (χ0v) is 12.4. The van der Waals surface area contributed by atoms with Gasteiger partial charge in [-0.05, 0) is 43.9 Å². The zero-order valence-electron chi connectivity index (χ0n) is 12.4. The highest BCUT2D eigenvalue weighted by Crippen LogP contribution is 2.29. The normalized spacial score (nSPS) is 12.8. The first kappa shape index (κ1) is 18.3. The van der Waals surface area contributed by atoms with Gasteiger partial charge in [-0.2, -0.15) is 13.2 Å². The second-order valence-electron chi connectivity index (χ2n) is 5.11. The fraction of sp³-hybridized carbons (Fsp3) is 0.533. The molecule has 0 saturated carbocycles. The Balaban J connectivity index is 2.30. The molecule has 3 N–H and O–H groups in total. The number of alkyl halides is 3. The number of hydrogen-bond donors (Lipinski definition) is 3. The number of hydrogen-bond acceptors (Lipinski definition) is 2. The van der Waals surface area contributed by atoms with Gasteiger partial charge in [0.15, 0.2) is 0 Å². The van der Waals surface area contributed by atoms with Crippen LogP contribution in [0.5, 0.6) is 0 Å². The number of urea groups is 1. The Bertz CT molecular complexity index is 461. The van der Waals surface area contributed by atoms with E-state index in [0.717, 1.165) is 17.7 Å². The molecule has 1 aromatic rings. The van der Waals surface area contributed by atoms with Gasteiger partial charge in [0.05, 0.1) is 5.56 Å². The number of aliphatic hydroxyl groups excluding tert-OH is 1. The van der Waals surface area contributed by atoms with Crippen molar-refractivity contribution in [3.05, 3.63) is 35.4 Å². The molecule has 1 atom stereocenters. The second-order valence-corrected chi connectivity index (χ2v) is 5.11. The van der Waals surface area contributed by atoms with Gasteiger partial charge in [-0.1, -0.05) is 12.1 Å². The van der Waals surface area contributed by atoms with Crippen molar-refractivity contribution in [3.63, 3.8) is 0 Å². The van der Waals surface area contributed by atoms with Gasteiger partial charge in [-0.15, -0.1) is 0 Å². The van der Waals surface area contributed by atoms with Crippen LogP contribution in [0.15, 0.2) is 24.3 Å². The van der Waals surface area contributed by atoms with Gasteiger partial charge in [0.25, 0.3) is 0 Å². The molecule has 0 aromatic heterocycles. The molecule has 2 amide bonds. The Kier molecular flexibility index (Phi) is 7.17. The summed E-state index contributed by atoms with van der Waals surface area (Å²) in [5.41, 5.74) is 0.0429. The van der Waals surface area contributed by atoms with Crippen LogP contribution < -0.4 is 10.6 Å². The van der Waals surface area contributed by atoms with Crippen LogP contribution in [0.3, 0.4) is 0 Å². The van der Waals surface area contributed by atoms with Crippen molar-refractivity contribution >= 4 is 6.03 Å². The average Bonchev–Trinajstić information content (AvgIpc) is 2.44. The Morgan fingerprint density at radius 1 is 1.27 bits per heavy atom. The van der Waals surface area contributed by atoms with Gasteiger partial charge in [0, 0.05) is 19.2 Å². The summed E-state index contributed by atoms with van der Waals surface area (Å²) in [5.74, 6) is 0.